The second-order valence-electron chi connectivity index (χ2n) is 10.8. The lowest BCUT2D eigenvalue weighted by Gasteiger charge is -2.43. The summed E-state index contributed by atoms with van der Waals surface area (Å²) < 4.78 is 15.0. The maximum absolute atomic E-state index is 15.0. The highest BCUT2D eigenvalue weighted by atomic mass is 19.1. The Morgan fingerprint density at radius 3 is 1.58 bits per heavy atom. The smallest absolute Gasteiger partial charge is 0.103 e. The van der Waals surface area contributed by atoms with E-state index in [1.807, 2.05) is 0 Å². The second kappa shape index (κ2) is 8.95. The molecule has 0 spiro atoms. The maximum Gasteiger partial charge on any atom is 0.103 e. The second-order valence-corrected chi connectivity index (χ2v) is 10.8. The van der Waals surface area contributed by atoms with Crippen molar-refractivity contribution in [2.45, 2.75) is 116 Å². The van der Waals surface area contributed by atoms with Gasteiger partial charge in [0.1, 0.15) is 6.17 Å². The van der Waals surface area contributed by atoms with Crippen LogP contribution in [0.4, 0.5) is 4.39 Å². The summed E-state index contributed by atoms with van der Waals surface area (Å²) in [6.45, 7) is 2.43. The first kappa shape index (κ1) is 19.3. The summed E-state index contributed by atoms with van der Waals surface area (Å²) in [7, 11) is 0. The molecule has 0 amide bonds. The van der Waals surface area contributed by atoms with Crippen molar-refractivity contribution >= 4 is 0 Å². The fourth-order valence-corrected chi connectivity index (χ4v) is 7.54. The molecule has 0 saturated heterocycles. The molecule has 0 aromatic carbocycles. The molecule has 3 atom stereocenters. The van der Waals surface area contributed by atoms with Gasteiger partial charge in [0.25, 0.3) is 0 Å². The number of hydrogen-bond acceptors (Lipinski definition) is 0. The van der Waals surface area contributed by atoms with Gasteiger partial charge in [-0.05, 0) is 99.2 Å². The Morgan fingerprint density at radius 1 is 0.500 bits per heavy atom. The third-order valence-electron chi connectivity index (χ3n) is 9.33. The summed E-state index contributed by atoms with van der Waals surface area (Å²) in [4.78, 5) is 0. The quantitative estimate of drug-likeness (QED) is 0.478. The van der Waals surface area contributed by atoms with Gasteiger partial charge in [-0.15, -0.1) is 0 Å². The predicted octanol–water partition coefficient (Wildman–Crippen LogP) is 7.95. The lowest BCUT2D eigenvalue weighted by molar-refractivity contribution is 0.0332. The highest BCUT2D eigenvalue weighted by molar-refractivity contribution is 4.90. The average molecular weight is 363 g/mol. The molecule has 0 aromatic heterocycles. The number of halogens is 1. The van der Waals surface area contributed by atoms with E-state index in [1.54, 1.807) is 0 Å². The van der Waals surface area contributed by atoms with Crippen LogP contribution in [0.3, 0.4) is 0 Å². The zero-order chi connectivity index (χ0) is 17.9. The number of hydrogen-bond donors (Lipinski definition) is 0. The van der Waals surface area contributed by atoms with Crippen LogP contribution in [0.25, 0.3) is 0 Å². The van der Waals surface area contributed by atoms with Gasteiger partial charge in [-0.1, -0.05) is 51.9 Å². The van der Waals surface area contributed by atoms with Crippen molar-refractivity contribution in [3.05, 3.63) is 0 Å². The van der Waals surface area contributed by atoms with E-state index in [4.69, 9.17) is 0 Å². The lowest BCUT2D eigenvalue weighted by Crippen LogP contribution is -2.36. The van der Waals surface area contributed by atoms with Crippen molar-refractivity contribution in [2.75, 3.05) is 0 Å². The number of alkyl halides is 1. The molecular formula is C25H43F. The van der Waals surface area contributed by atoms with Crippen molar-refractivity contribution in [1.29, 1.82) is 0 Å². The van der Waals surface area contributed by atoms with Gasteiger partial charge in [0, 0.05) is 0 Å². The van der Waals surface area contributed by atoms with Gasteiger partial charge in [0.15, 0.2) is 0 Å². The van der Waals surface area contributed by atoms with Crippen LogP contribution < -0.4 is 0 Å². The molecule has 0 aromatic rings. The highest BCUT2D eigenvalue weighted by Crippen LogP contribution is 2.48. The van der Waals surface area contributed by atoms with Gasteiger partial charge in [0.2, 0.25) is 0 Å². The first-order valence-corrected chi connectivity index (χ1v) is 12.3. The molecule has 0 N–H and O–H groups in total. The summed E-state index contributed by atoms with van der Waals surface area (Å²) >= 11 is 0. The van der Waals surface area contributed by atoms with E-state index in [1.165, 1.54) is 96.3 Å². The van der Waals surface area contributed by atoms with Crippen molar-refractivity contribution in [1.82, 2.24) is 0 Å². The summed E-state index contributed by atoms with van der Waals surface area (Å²) in [5.41, 5.74) is 0. The van der Waals surface area contributed by atoms with E-state index in [-0.39, 0.29) is 0 Å². The molecule has 26 heavy (non-hydrogen) atoms. The Morgan fingerprint density at radius 2 is 1.00 bits per heavy atom. The van der Waals surface area contributed by atoms with Gasteiger partial charge >= 0.3 is 0 Å². The SMILES string of the molecule is CC1CCC(C2CCC(C3CCC(C4CCCCC4)C(F)C3)CC2)CC1. The number of rotatable bonds is 3. The third-order valence-corrected chi connectivity index (χ3v) is 9.33. The van der Waals surface area contributed by atoms with Gasteiger partial charge in [-0.3, -0.25) is 0 Å². The first-order chi connectivity index (χ1) is 12.7. The molecule has 4 aliphatic rings. The highest BCUT2D eigenvalue weighted by Gasteiger charge is 2.40. The summed E-state index contributed by atoms with van der Waals surface area (Å²) in [5, 5.41) is 0. The molecule has 4 fully saturated rings. The van der Waals surface area contributed by atoms with Crippen LogP contribution >= 0.6 is 0 Å². The van der Waals surface area contributed by atoms with Gasteiger partial charge in [-0.25, -0.2) is 4.39 Å². The van der Waals surface area contributed by atoms with Crippen LogP contribution in [0, 0.1) is 41.4 Å². The summed E-state index contributed by atoms with van der Waals surface area (Å²) in [5.74, 6) is 5.75. The van der Waals surface area contributed by atoms with Crippen LogP contribution in [0.1, 0.15) is 110 Å². The van der Waals surface area contributed by atoms with E-state index in [9.17, 15) is 0 Å². The Hall–Kier alpha value is -0.0700. The maximum atomic E-state index is 15.0. The van der Waals surface area contributed by atoms with Crippen molar-refractivity contribution in [3.63, 3.8) is 0 Å². The van der Waals surface area contributed by atoms with E-state index in [0.29, 0.717) is 5.92 Å². The molecular weight excluding hydrogens is 319 g/mol. The first-order valence-electron chi connectivity index (χ1n) is 12.3. The van der Waals surface area contributed by atoms with Crippen molar-refractivity contribution in [2.24, 2.45) is 41.4 Å². The minimum Gasteiger partial charge on any atom is -0.247 e. The van der Waals surface area contributed by atoms with E-state index in [0.717, 1.165) is 41.9 Å². The van der Waals surface area contributed by atoms with Crippen LogP contribution in [0.5, 0.6) is 0 Å². The molecule has 150 valence electrons. The zero-order valence-corrected chi connectivity index (χ0v) is 17.3. The largest absolute Gasteiger partial charge is 0.247 e. The van der Waals surface area contributed by atoms with Crippen molar-refractivity contribution < 1.29 is 4.39 Å². The lowest BCUT2D eigenvalue weighted by atomic mass is 9.63. The minimum atomic E-state index is -0.477. The van der Waals surface area contributed by atoms with Gasteiger partial charge in [-0.2, -0.15) is 0 Å². The summed E-state index contributed by atoms with van der Waals surface area (Å²) in [6.07, 6.45) is 21.4. The van der Waals surface area contributed by atoms with Crippen LogP contribution in [-0.4, -0.2) is 6.17 Å². The van der Waals surface area contributed by atoms with Gasteiger partial charge in [0.05, 0.1) is 0 Å². The van der Waals surface area contributed by atoms with Gasteiger partial charge < -0.3 is 0 Å². The fraction of sp³-hybridized carbons (Fsp3) is 1.00. The molecule has 4 saturated carbocycles. The molecule has 0 aliphatic heterocycles. The Labute approximate surface area is 162 Å². The molecule has 0 bridgehead atoms. The van der Waals surface area contributed by atoms with Crippen LogP contribution in [0.2, 0.25) is 0 Å². The van der Waals surface area contributed by atoms with E-state index >= 15 is 4.39 Å². The minimum absolute atomic E-state index is 0.423. The van der Waals surface area contributed by atoms with E-state index in [2.05, 4.69) is 6.92 Å². The zero-order valence-electron chi connectivity index (χ0n) is 17.3. The normalized spacial score (nSPS) is 46.2. The average Bonchev–Trinajstić information content (AvgIpc) is 2.69. The van der Waals surface area contributed by atoms with Crippen LogP contribution in [0.15, 0.2) is 0 Å². The topological polar surface area (TPSA) is 0 Å². The van der Waals surface area contributed by atoms with Crippen LogP contribution in [-0.2, 0) is 0 Å². The molecule has 0 radical (unpaired) electrons. The molecule has 4 rings (SSSR count). The molecule has 0 heterocycles. The molecule has 3 unspecified atom stereocenters. The third kappa shape index (κ3) is 4.49. The Balaban J connectivity index is 1.22. The monoisotopic (exact) mass is 362 g/mol. The molecule has 4 aliphatic carbocycles. The van der Waals surface area contributed by atoms with Crippen molar-refractivity contribution in [3.8, 4) is 0 Å². The Bertz CT molecular complexity index is 410. The standard InChI is InChI=1S/C25H43F/c1-18-7-9-19(10-8-18)20-11-13-21(14-12-20)23-15-16-24(25(26)17-23)22-5-3-2-4-6-22/h18-25H,2-17H2,1H3. The molecule has 1 heteroatoms. The summed E-state index contributed by atoms with van der Waals surface area (Å²) in [6, 6.07) is 0. The fourth-order valence-electron chi connectivity index (χ4n) is 7.54. The predicted molar refractivity (Wildman–Crippen MR) is 109 cm³/mol. The Kier molecular flexibility index (Phi) is 6.63. The van der Waals surface area contributed by atoms with E-state index < -0.39 is 6.17 Å². The molecule has 0 nitrogen and oxygen atoms in total.